The zero-order valence-electron chi connectivity index (χ0n) is 14.1. The van der Waals surface area contributed by atoms with E-state index in [9.17, 15) is 9.90 Å². The lowest BCUT2D eigenvalue weighted by Gasteiger charge is -2.28. The van der Waals surface area contributed by atoms with Crippen molar-refractivity contribution in [1.29, 1.82) is 5.26 Å². The number of amides is 1. The highest BCUT2D eigenvalue weighted by Crippen LogP contribution is 2.13. The van der Waals surface area contributed by atoms with Crippen LogP contribution in [0.15, 0.2) is 11.4 Å². The average molecular weight is 339 g/mol. The molecule has 6 nitrogen and oxygen atoms in total. The maximum absolute atomic E-state index is 12.1. The van der Waals surface area contributed by atoms with Gasteiger partial charge in [0.05, 0.1) is 11.7 Å². The Morgan fingerprint density at radius 2 is 2.26 bits per heavy atom. The van der Waals surface area contributed by atoms with Crippen molar-refractivity contribution in [2.75, 3.05) is 19.6 Å². The summed E-state index contributed by atoms with van der Waals surface area (Å²) in [5.74, 6) is 0. The van der Waals surface area contributed by atoms with Crippen LogP contribution in [0, 0.1) is 11.3 Å². The first-order valence-corrected chi connectivity index (χ1v) is 8.43. The predicted molar refractivity (Wildman–Crippen MR) is 90.2 cm³/mol. The summed E-state index contributed by atoms with van der Waals surface area (Å²) in [5.41, 5.74) is 0.0999. The summed E-state index contributed by atoms with van der Waals surface area (Å²) >= 11 is 1.53. The van der Waals surface area contributed by atoms with Gasteiger partial charge in [-0.3, -0.25) is 0 Å². The lowest BCUT2D eigenvalue weighted by molar-refractivity contribution is 0.0164. The van der Waals surface area contributed by atoms with Gasteiger partial charge in [-0.25, -0.2) is 4.79 Å². The second kappa shape index (κ2) is 8.87. The molecule has 1 unspecified atom stereocenters. The molecule has 7 heteroatoms. The van der Waals surface area contributed by atoms with Crippen LogP contribution >= 0.6 is 11.3 Å². The van der Waals surface area contributed by atoms with E-state index in [2.05, 4.69) is 11.4 Å². The Labute approximate surface area is 141 Å². The van der Waals surface area contributed by atoms with E-state index < -0.39 is 17.8 Å². The van der Waals surface area contributed by atoms with Gasteiger partial charge < -0.3 is 20.1 Å². The molecular formula is C16H25N3O3S. The molecule has 0 aliphatic carbocycles. The third-order valence-corrected chi connectivity index (χ3v) is 3.71. The monoisotopic (exact) mass is 339 g/mol. The van der Waals surface area contributed by atoms with Crippen molar-refractivity contribution >= 4 is 17.4 Å². The van der Waals surface area contributed by atoms with Gasteiger partial charge in [-0.2, -0.15) is 5.26 Å². The van der Waals surface area contributed by atoms with Crippen molar-refractivity contribution in [3.05, 3.63) is 21.9 Å². The number of nitrogens with zero attached hydrogens (tertiary/aromatic N) is 2. The van der Waals surface area contributed by atoms with Crippen LogP contribution in [0.2, 0.25) is 0 Å². The molecule has 0 saturated heterocycles. The van der Waals surface area contributed by atoms with Gasteiger partial charge in [0.2, 0.25) is 0 Å². The Hall–Kier alpha value is -1.62. The zero-order valence-corrected chi connectivity index (χ0v) is 14.9. The molecule has 128 valence electrons. The van der Waals surface area contributed by atoms with Crippen LogP contribution in [0.3, 0.4) is 0 Å². The minimum atomic E-state index is -0.613. The quantitative estimate of drug-likeness (QED) is 0.745. The van der Waals surface area contributed by atoms with Crippen LogP contribution < -0.4 is 5.32 Å². The number of aliphatic hydroxyl groups is 1. The molecule has 1 aromatic heterocycles. The second-order valence-corrected chi connectivity index (χ2v) is 7.36. The molecule has 0 aliphatic heterocycles. The summed E-state index contributed by atoms with van der Waals surface area (Å²) in [6.07, 6.45) is -1.04. The maximum atomic E-state index is 12.1. The average Bonchev–Trinajstić information content (AvgIpc) is 2.87. The number of rotatable bonds is 7. The fourth-order valence-electron chi connectivity index (χ4n) is 1.86. The predicted octanol–water partition coefficient (Wildman–Crippen LogP) is 2.33. The van der Waals surface area contributed by atoms with Crippen molar-refractivity contribution in [3.8, 4) is 6.07 Å². The fourth-order valence-corrected chi connectivity index (χ4v) is 2.64. The van der Waals surface area contributed by atoms with Gasteiger partial charge in [0.25, 0.3) is 0 Å². The molecule has 0 bridgehead atoms. The van der Waals surface area contributed by atoms with Gasteiger partial charge in [-0.1, -0.05) is 0 Å². The van der Waals surface area contributed by atoms with Crippen molar-refractivity contribution in [2.24, 2.45) is 0 Å². The molecule has 1 atom stereocenters. The number of carbonyl (C=O) groups is 1. The fraction of sp³-hybridized carbons (Fsp3) is 0.625. The van der Waals surface area contributed by atoms with Crippen molar-refractivity contribution in [1.82, 2.24) is 10.2 Å². The van der Waals surface area contributed by atoms with Crippen LogP contribution in [0.1, 0.15) is 38.1 Å². The first-order valence-electron chi connectivity index (χ1n) is 7.55. The standard InChI is InChI=1S/C16H25N3O3S/c1-12(20)10-19(15(21)22-16(2,3)4)6-5-18-9-14-7-13(8-17)11-23-14/h7,11-12,18,20H,5-6,9-10H2,1-4H3. The van der Waals surface area contributed by atoms with E-state index in [4.69, 9.17) is 10.00 Å². The molecule has 2 N–H and O–H groups in total. The van der Waals surface area contributed by atoms with E-state index in [0.29, 0.717) is 25.2 Å². The van der Waals surface area contributed by atoms with E-state index in [1.807, 2.05) is 32.2 Å². The van der Waals surface area contributed by atoms with Crippen molar-refractivity contribution < 1.29 is 14.6 Å². The van der Waals surface area contributed by atoms with Gasteiger partial charge in [0, 0.05) is 36.4 Å². The Morgan fingerprint density at radius 3 is 2.78 bits per heavy atom. The normalized spacial score (nSPS) is 12.5. The number of carbonyl (C=O) groups excluding carboxylic acids is 1. The highest BCUT2D eigenvalue weighted by molar-refractivity contribution is 7.10. The third-order valence-electron chi connectivity index (χ3n) is 2.78. The van der Waals surface area contributed by atoms with Crippen LogP contribution in [0.4, 0.5) is 4.79 Å². The lowest BCUT2D eigenvalue weighted by atomic mass is 10.2. The number of hydrogen-bond acceptors (Lipinski definition) is 6. The second-order valence-electron chi connectivity index (χ2n) is 6.37. The molecule has 1 rings (SSSR count). The molecule has 23 heavy (non-hydrogen) atoms. The first-order chi connectivity index (χ1) is 10.7. The Morgan fingerprint density at radius 1 is 1.57 bits per heavy atom. The lowest BCUT2D eigenvalue weighted by Crippen LogP contribution is -2.43. The van der Waals surface area contributed by atoms with E-state index in [-0.39, 0.29) is 6.54 Å². The van der Waals surface area contributed by atoms with Gasteiger partial charge in [0.1, 0.15) is 11.7 Å². The number of ether oxygens (including phenoxy) is 1. The van der Waals surface area contributed by atoms with E-state index in [1.54, 1.807) is 6.92 Å². The molecule has 1 aromatic rings. The minimum absolute atomic E-state index is 0.230. The highest BCUT2D eigenvalue weighted by Gasteiger charge is 2.22. The van der Waals surface area contributed by atoms with E-state index >= 15 is 0 Å². The molecule has 0 aromatic carbocycles. The molecule has 0 spiro atoms. The van der Waals surface area contributed by atoms with Gasteiger partial charge >= 0.3 is 6.09 Å². The molecule has 0 radical (unpaired) electrons. The largest absolute Gasteiger partial charge is 0.444 e. The van der Waals surface area contributed by atoms with Gasteiger partial charge in [0.15, 0.2) is 0 Å². The number of thiophene rings is 1. The number of aliphatic hydroxyl groups excluding tert-OH is 1. The summed E-state index contributed by atoms with van der Waals surface area (Å²) in [6, 6.07) is 3.95. The minimum Gasteiger partial charge on any atom is -0.444 e. The topological polar surface area (TPSA) is 85.6 Å². The highest BCUT2D eigenvalue weighted by atomic mass is 32.1. The molecule has 0 fully saturated rings. The molecule has 1 amide bonds. The summed E-state index contributed by atoms with van der Waals surface area (Å²) in [4.78, 5) is 14.7. The summed E-state index contributed by atoms with van der Waals surface area (Å²) < 4.78 is 5.35. The molecule has 1 heterocycles. The van der Waals surface area contributed by atoms with E-state index in [1.165, 1.54) is 16.2 Å². The number of nitrogens with one attached hydrogen (secondary N) is 1. The van der Waals surface area contributed by atoms with Crippen molar-refractivity contribution in [3.63, 3.8) is 0 Å². The third kappa shape index (κ3) is 7.98. The summed E-state index contributed by atoms with van der Waals surface area (Å²) in [7, 11) is 0. The van der Waals surface area contributed by atoms with Crippen LogP contribution in [0.25, 0.3) is 0 Å². The smallest absolute Gasteiger partial charge is 0.410 e. The summed E-state index contributed by atoms with van der Waals surface area (Å²) in [5, 5.41) is 23.4. The Bertz CT molecular complexity index is 544. The molecule has 0 saturated carbocycles. The van der Waals surface area contributed by atoms with Crippen LogP contribution in [0.5, 0.6) is 0 Å². The molecular weight excluding hydrogens is 314 g/mol. The first kappa shape index (κ1) is 19.4. The number of nitriles is 1. The van der Waals surface area contributed by atoms with Crippen LogP contribution in [-0.4, -0.2) is 47.4 Å². The Kier molecular flexibility index (Phi) is 7.49. The van der Waals surface area contributed by atoms with Crippen LogP contribution in [-0.2, 0) is 11.3 Å². The SMILES string of the molecule is CC(O)CN(CCNCc1cc(C#N)cs1)C(=O)OC(C)(C)C. The van der Waals surface area contributed by atoms with Gasteiger partial charge in [-0.05, 0) is 33.8 Å². The zero-order chi connectivity index (χ0) is 17.5. The molecule has 0 aliphatic rings. The maximum Gasteiger partial charge on any atom is 0.410 e. The number of hydrogen-bond donors (Lipinski definition) is 2. The van der Waals surface area contributed by atoms with E-state index in [0.717, 1.165) is 4.88 Å². The summed E-state index contributed by atoms with van der Waals surface area (Å²) in [6.45, 7) is 8.97. The van der Waals surface area contributed by atoms with Gasteiger partial charge in [-0.15, -0.1) is 11.3 Å². The van der Waals surface area contributed by atoms with Crippen molar-refractivity contribution in [2.45, 2.75) is 45.9 Å². The Balaban J connectivity index is 2.44.